The lowest BCUT2D eigenvalue weighted by atomic mass is 10.3. The summed E-state index contributed by atoms with van der Waals surface area (Å²) in [5.74, 6) is -0.270. The Bertz CT molecular complexity index is 359. The third-order valence-corrected chi connectivity index (χ3v) is 1.79. The molecule has 1 aromatic carbocycles. The molecule has 0 amide bonds. The molecule has 86 valence electrons. The van der Waals surface area contributed by atoms with Crippen LogP contribution < -0.4 is 5.32 Å². The summed E-state index contributed by atoms with van der Waals surface area (Å²) < 4.78 is 12.6. The van der Waals surface area contributed by atoms with Crippen LogP contribution in [0, 0.1) is 5.82 Å². The van der Waals surface area contributed by atoms with E-state index in [-0.39, 0.29) is 5.82 Å². The van der Waals surface area contributed by atoms with Crippen molar-refractivity contribution in [2.75, 3.05) is 20.8 Å². The zero-order chi connectivity index (χ0) is 11.8. The summed E-state index contributed by atoms with van der Waals surface area (Å²) in [6.07, 6.45) is 3.65. The summed E-state index contributed by atoms with van der Waals surface area (Å²) in [6, 6.07) is 5.89. The number of nitrogens with zero attached hydrogens (tertiary/aromatic N) is 3. The zero-order valence-corrected chi connectivity index (χ0v) is 9.39. The van der Waals surface area contributed by atoms with Crippen LogP contribution in [0.4, 0.5) is 10.1 Å². The second kappa shape index (κ2) is 6.55. The number of nitrogens with one attached hydrogen (secondary N) is 1. The summed E-state index contributed by atoms with van der Waals surface area (Å²) >= 11 is 0. The lowest BCUT2D eigenvalue weighted by Crippen LogP contribution is -2.11. The molecule has 16 heavy (non-hydrogen) atoms. The van der Waals surface area contributed by atoms with Crippen LogP contribution in [0.3, 0.4) is 0 Å². The van der Waals surface area contributed by atoms with Crippen LogP contribution in [-0.2, 0) is 0 Å². The molecular weight excluding hydrogens is 207 g/mol. The van der Waals surface area contributed by atoms with Crippen LogP contribution in [0.1, 0.15) is 0 Å². The van der Waals surface area contributed by atoms with E-state index < -0.39 is 0 Å². The van der Waals surface area contributed by atoms with Crippen LogP contribution in [0.15, 0.2) is 46.9 Å². The molecule has 0 atom stereocenters. The van der Waals surface area contributed by atoms with Gasteiger partial charge in [-0.15, -0.1) is 0 Å². The normalized spacial score (nSPS) is 11.2. The Hall–Kier alpha value is -1.91. The van der Waals surface area contributed by atoms with Crippen LogP contribution in [0.25, 0.3) is 0 Å². The molecule has 0 saturated carbocycles. The van der Waals surface area contributed by atoms with E-state index in [2.05, 4.69) is 15.5 Å². The van der Waals surface area contributed by atoms with Gasteiger partial charge in [0.1, 0.15) is 12.5 Å². The first-order valence-corrected chi connectivity index (χ1v) is 4.89. The minimum atomic E-state index is -0.270. The van der Waals surface area contributed by atoms with E-state index in [0.717, 1.165) is 0 Å². The quantitative estimate of drug-likeness (QED) is 0.777. The Balaban J connectivity index is 2.42. The van der Waals surface area contributed by atoms with Gasteiger partial charge in [0.05, 0.1) is 5.69 Å². The predicted molar refractivity (Wildman–Crippen MR) is 61.7 cm³/mol. The van der Waals surface area contributed by atoms with E-state index in [0.29, 0.717) is 12.4 Å². The third kappa shape index (κ3) is 4.54. The van der Waals surface area contributed by atoms with E-state index in [1.54, 1.807) is 18.3 Å². The first kappa shape index (κ1) is 12.2. The molecular formula is C11H15FN4. The fourth-order valence-corrected chi connectivity index (χ4v) is 0.970. The molecule has 0 aromatic heterocycles. The number of azo groups is 1. The Morgan fingerprint density at radius 3 is 2.69 bits per heavy atom. The third-order valence-electron chi connectivity index (χ3n) is 1.79. The molecule has 0 spiro atoms. The number of hydrogen-bond acceptors (Lipinski definition) is 4. The molecule has 0 aliphatic carbocycles. The van der Waals surface area contributed by atoms with Gasteiger partial charge in [0.25, 0.3) is 0 Å². The summed E-state index contributed by atoms with van der Waals surface area (Å²) in [7, 11) is 3.71. The van der Waals surface area contributed by atoms with E-state index in [4.69, 9.17) is 0 Å². The number of halogens is 1. The van der Waals surface area contributed by atoms with Crippen molar-refractivity contribution in [3.63, 3.8) is 0 Å². The molecule has 4 nitrogen and oxygen atoms in total. The van der Waals surface area contributed by atoms with E-state index in [1.807, 2.05) is 25.2 Å². The number of benzene rings is 1. The number of rotatable bonds is 5. The Kier molecular flexibility index (Phi) is 4.98. The molecule has 1 N–H and O–H groups in total. The molecule has 0 radical (unpaired) electrons. The first-order valence-electron chi connectivity index (χ1n) is 4.89. The molecule has 0 unspecified atom stereocenters. The Labute approximate surface area is 94.5 Å². The van der Waals surface area contributed by atoms with Crippen molar-refractivity contribution in [1.82, 2.24) is 10.2 Å². The van der Waals surface area contributed by atoms with Gasteiger partial charge < -0.3 is 10.2 Å². The summed E-state index contributed by atoms with van der Waals surface area (Å²) in [5.41, 5.74) is 0.646. The van der Waals surface area contributed by atoms with Gasteiger partial charge in [0, 0.05) is 26.5 Å². The molecule has 0 aliphatic heterocycles. The van der Waals surface area contributed by atoms with Crippen molar-refractivity contribution in [3.05, 3.63) is 42.5 Å². The zero-order valence-electron chi connectivity index (χ0n) is 9.39. The van der Waals surface area contributed by atoms with Gasteiger partial charge >= 0.3 is 0 Å². The van der Waals surface area contributed by atoms with Crippen molar-refractivity contribution in [2.45, 2.75) is 0 Å². The summed E-state index contributed by atoms with van der Waals surface area (Å²) in [5, 5.41) is 10.8. The van der Waals surface area contributed by atoms with Gasteiger partial charge in [-0.2, -0.15) is 10.2 Å². The minimum absolute atomic E-state index is 0.270. The number of hydrogen-bond donors (Lipinski definition) is 1. The van der Waals surface area contributed by atoms with E-state index >= 15 is 0 Å². The second-order valence-corrected chi connectivity index (χ2v) is 3.22. The van der Waals surface area contributed by atoms with Crippen LogP contribution in [-0.4, -0.2) is 25.7 Å². The SMILES string of the molecule is CN/C=C\N(C)C/N=N/c1ccc(F)cc1. The average Bonchev–Trinajstić information content (AvgIpc) is 2.29. The summed E-state index contributed by atoms with van der Waals surface area (Å²) in [6.45, 7) is 0.454. The van der Waals surface area contributed by atoms with Gasteiger partial charge in [-0.05, 0) is 24.3 Å². The van der Waals surface area contributed by atoms with Crippen molar-refractivity contribution in [1.29, 1.82) is 0 Å². The first-order chi connectivity index (χ1) is 7.72. The van der Waals surface area contributed by atoms with Crippen molar-refractivity contribution >= 4 is 5.69 Å². The lowest BCUT2D eigenvalue weighted by molar-refractivity contribution is 0.460. The molecule has 0 saturated heterocycles. The van der Waals surface area contributed by atoms with Gasteiger partial charge in [-0.1, -0.05) is 0 Å². The largest absolute Gasteiger partial charge is 0.393 e. The van der Waals surface area contributed by atoms with Crippen molar-refractivity contribution < 1.29 is 4.39 Å². The smallest absolute Gasteiger partial charge is 0.131 e. The molecule has 0 fully saturated rings. The summed E-state index contributed by atoms with van der Waals surface area (Å²) in [4.78, 5) is 1.86. The fourth-order valence-electron chi connectivity index (χ4n) is 0.970. The van der Waals surface area contributed by atoms with Gasteiger partial charge in [0.2, 0.25) is 0 Å². The highest BCUT2D eigenvalue weighted by Crippen LogP contribution is 2.12. The molecule has 1 rings (SSSR count). The molecule has 0 heterocycles. The monoisotopic (exact) mass is 222 g/mol. The van der Waals surface area contributed by atoms with Gasteiger partial charge in [-0.25, -0.2) is 4.39 Å². The molecule has 1 aromatic rings. The van der Waals surface area contributed by atoms with Crippen LogP contribution in [0.2, 0.25) is 0 Å². The van der Waals surface area contributed by atoms with Crippen molar-refractivity contribution in [2.24, 2.45) is 10.2 Å². The highest BCUT2D eigenvalue weighted by molar-refractivity contribution is 5.35. The topological polar surface area (TPSA) is 40.0 Å². The maximum Gasteiger partial charge on any atom is 0.131 e. The maximum atomic E-state index is 12.6. The van der Waals surface area contributed by atoms with Crippen molar-refractivity contribution in [3.8, 4) is 0 Å². The lowest BCUT2D eigenvalue weighted by Gasteiger charge is -2.08. The highest BCUT2D eigenvalue weighted by atomic mass is 19.1. The van der Waals surface area contributed by atoms with E-state index in [1.165, 1.54) is 12.1 Å². The predicted octanol–water partition coefficient (Wildman–Crippen LogP) is 2.49. The van der Waals surface area contributed by atoms with Crippen LogP contribution >= 0.6 is 0 Å². The van der Waals surface area contributed by atoms with Crippen LogP contribution in [0.5, 0.6) is 0 Å². The minimum Gasteiger partial charge on any atom is -0.393 e. The fraction of sp³-hybridized carbons (Fsp3) is 0.273. The van der Waals surface area contributed by atoms with Gasteiger partial charge in [-0.3, -0.25) is 0 Å². The standard InChI is InChI=1S/C11H15FN4/c1-13-7-8-16(2)9-14-15-11-5-3-10(12)4-6-11/h3-8,13H,9H2,1-2H3/b8-7-,15-14+. The highest BCUT2D eigenvalue weighted by Gasteiger charge is 1.91. The molecule has 0 aliphatic rings. The molecule has 5 heteroatoms. The van der Waals surface area contributed by atoms with E-state index in [9.17, 15) is 4.39 Å². The Morgan fingerprint density at radius 2 is 2.06 bits per heavy atom. The maximum absolute atomic E-state index is 12.6. The molecule has 0 bridgehead atoms. The Morgan fingerprint density at radius 1 is 1.38 bits per heavy atom. The average molecular weight is 222 g/mol. The second-order valence-electron chi connectivity index (χ2n) is 3.22. The van der Waals surface area contributed by atoms with Gasteiger partial charge in [0.15, 0.2) is 0 Å².